The van der Waals surface area contributed by atoms with Crippen molar-refractivity contribution in [2.24, 2.45) is 0 Å². The zero-order chi connectivity index (χ0) is 21.4. The van der Waals surface area contributed by atoms with Gasteiger partial charge in [0.15, 0.2) is 11.5 Å². The van der Waals surface area contributed by atoms with Gasteiger partial charge in [0.05, 0.1) is 24.5 Å². The van der Waals surface area contributed by atoms with E-state index in [1.165, 1.54) is 4.57 Å². The van der Waals surface area contributed by atoms with Crippen molar-refractivity contribution in [2.75, 3.05) is 26.5 Å². The van der Waals surface area contributed by atoms with Gasteiger partial charge < -0.3 is 19.1 Å². The van der Waals surface area contributed by atoms with Crippen molar-refractivity contribution < 1.29 is 19.0 Å². The predicted octanol–water partition coefficient (Wildman–Crippen LogP) is 2.48. The molecule has 4 heterocycles. The summed E-state index contributed by atoms with van der Waals surface area (Å²) in [5.74, 6) is 0.903. The lowest BCUT2D eigenvalue weighted by Gasteiger charge is -2.33. The monoisotopic (exact) mass is 419 g/mol. The number of benzene rings is 1. The highest BCUT2D eigenvalue weighted by Crippen LogP contribution is 2.33. The molecule has 2 aromatic heterocycles. The number of ether oxygens (including phenoxy) is 3. The number of aryl methyl sites for hydroxylation is 1. The quantitative estimate of drug-likeness (QED) is 0.649. The maximum Gasteiger partial charge on any atom is 0.268 e. The third-order valence-electron chi connectivity index (χ3n) is 5.52. The van der Waals surface area contributed by atoms with Crippen molar-refractivity contribution in [3.05, 3.63) is 82.0 Å². The van der Waals surface area contributed by atoms with Crippen LogP contribution < -0.4 is 15.0 Å². The van der Waals surface area contributed by atoms with Crippen LogP contribution in [0.4, 0.5) is 0 Å². The molecule has 3 aromatic rings. The number of hydrogen-bond acceptors (Lipinski definition) is 6. The number of carbonyl (C=O) groups excluding carboxylic acids is 1. The Bertz CT molecular complexity index is 1190. The number of carbonyl (C=O) groups is 1. The molecule has 0 spiro atoms. The molecule has 1 saturated heterocycles. The van der Waals surface area contributed by atoms with Crippen molar-refractivity contribution in [3.8, 4) is 17.2 Å². The standard InChI is InChI=1S/C23H21N3O5/c1-15-7-9-26(16-5-6-18-19(12-16)31-14-30-18)23(28)21(15)22(27)25-10-11-29-20(13-25)17-4-2-3-8-24-17/h2-9,12,20H,10-11,13-14H2,1H3. The second-order valence-electron chi connectivity index (χ2n) is 7.45. The Kier molecular flexibility index (Phi) is 4.91. The van der Waals surface area contributed by atoms with E-state index >= 15 is 0 Å². The number of amides is 1. The van der Waals surface area contributed by atoms with Gasteiger partial charge in [0, 0.05) is 25.0 Å². The van der Waals surface area contributed by atoms with E-state index in [1.807, 2.05) is 18.2 Å². The first-order valence-corrected chi connectivity index (χ1v) is 10.1. The summed E-state index contributed by atoms with van der Waals surface area (Å²) < 4.78 is 18.0. The first-order valence-electron chi connectivity index (χ1n) is 10.1. The number of nitrogens with zero attached hydrogens (tertiary/aromatic N) is 3. The van der Waals surface area contributed by atoms with Crippen LogP contribution in [0.25, 0.3) is 5.69 Å². The lowest BCUT2D eigenvalue weighted by Crippen LogP contribution is -2.44. The van der Waals surface area contributed by atoms with Crippen LogP contribution in [-0.4, -0.2) is 46.8 Å². The van der Waals surface area contributed by atoms with Gasteiger partial charge >= 0.3 is 0 Å². The van der Waals surface area contributed by atoms with E-state index in [4.69, 9.17) is 14.2 Å². The van der Waals surface area contributed by atoms with Gasteiger partial charge in [-0.05, 0) is 42.8 Å². The fourth-order valence-corrected chi connectivity index (χ4v) is 3.86. The lowest BCUT2D eigenvalue weighted by molar-refractivity contribution is -0.0248. The van der Waals surface area contributed by atoms with E-state index < -0.39 is 0 Å². The maximum atomic E-state index is 13.4. The minimum atomic E-state index is -0.371. The van der Waals surface area contributed by atoms with Crippen LogP contribution in [0.2, 0.25) is 0 Å². The third-order valence-corrected chi connectivity index (χ3v) is 5.52. The molecular formula is C23H21N3O5. The first kappa shape index (κ1) is 19.3. The van der Waals surface area contributed by atoms with Crippen molar-refractivity contribution in [3.63, 3.8) is 0 Å². The van der Waals surface area contributed by atoms with Gasteiger partial charge in [0.2, 0.25) is 6.79 Å². The second kappa shape index (κ2) is 7.88. The van der Waals surface area contributed by atoms with Gasteiger partial charge in [-0.1, -0.05) is 6.07 Å². The Morgan fingerprint density at radius 3 is 2.84 bits per heavy atom. The van der Waals surface area contributed by atoms with Crippen molar-refractivity contribution in [1.82, 2.24) is 14.5 Å². The fourth-order valence-electron chi connectivity index (χ4n) is 3.86. The van der Waals surface area contributed by atoms with Crippen LogP contribution in [0.5, 0.6) is 11.5 Å². The zero-order valence-electron chi connectivity index (χ0n) is 17.0. The van der Waals surface area contributed by atoms with E-state index in [0.717, 1.165) is 5.69 Å². The Balaban J connectivity index is 1.46. The molecule has 1 unspecified atom stereocenters. The smallest absolute Gasteiger partial charge is 0.268 e. The van der Waals surface area contributed by atoms with Crippen LogP contribution in [0.1, 0.15) is 27.7 Å². The number of morpholine rings is 1. The maximum absolute atomic E-state index is 13.4. The topological polar surface area (TPSA) is 82.9 Å². The van der Waals surface area contributed by atoms with Crippen LogP contribution in [0, 0.1) is 6.92 Å². The molecule has 158 valence electrons. The highest BCUT2D eigenvalue weighted by atomic mass is 16.7. The molecule has 8 nitrogen and oxygen atoms in total. The van der Waals surface area contributed by atoms with E-state index in [1.54, 1.807) is 48.5 Å². The molecule has 2 aliphatic rings. The zero-order valence-corrected chi connectivity index (χ0v) is 17.0. The van der Waals surface area contributed by atoms with Crippen LogP contribution in [0.3, 0.4) is 0 Å². The molecule has 1 amide bonds. The minimum absolute atomic E-state index is 0.153. The summed E-state index contributed by atoms with van der Waals surface area (Å²) in [5, 5.41) is 0. The average molecular weight is 419 g/mol. The van der Waals surface area contributed by atoms with Gasteiger partial charge in [0.1, 0.15) is 11.7 Å². The Labute approximate surface area is 178 Å². The summed E-state index contributed by atoms with van der Waals surface area (Å²) in [7, 11) is 0. The Morgan fingerprint density at radius 1 is 1.13 bits per heavy atom. The summed E-state index contributed by atoms with van der Waals surface area (Å²) in [6, 6.07) is 12.6. The van der Waals surface area contributed by atoms with E-state index in [2.05, 4.69) is 4.98 Å². The molecular weight excluding hydrogens is 398 g/mol. The highest BCUT2D eigenvalue weighted by Gasteiger charge is 2.29. The van der Waals surface area contributed by atoms with Gasteiger partial charge in [0.25, 0.3) is 11.5 Å². The molecule has 1 atom stereocenters. The number of hydrogen-bond donors (Lipinski definition) is 0. The molecule has 0 saturated carbocycles. The van der Waals surface area contributed by atoms with Crippen molar-refractivity contribution in [1.29, 1.82) is 0 Å². The predicted molar refractivity (Wildman–Crippen MR) is 112 cm³/mol. The largest absolute Gasteiger partial charge is 0.454 e. The number of aromatic nitrogens is 2. The minimum Gasteiger partial charge on any atom is -0.454 e. The number of rotatable bonds is 3. The normalized spacial score (nSPS) is 17.6. The Morgan fingerprint density at radius 2 is 2.00 bits per heavy atom. The summed E-state index contributed by atoms with van der Waals surface area (Å²) in [6.45, 7) is 3.07. The molecule has 5 rings (SSSR count). The molecule has 0 radical (unpaired) electrons. The summed E-state index contributed by atoms with van der Waals surface area (Å²) in [4.78, 5) is 32.7. The van der Waals surface area contributed by atoms with E-state index in [9.17, 15) is 9.59 Å². The van der Waals surface area contributed by atoms with Crippen molar-refractivity contribution >= 4 is 5.91 Å². The van der Waals surface area contributed by atoms with Crippen LogP contribution in [-0.2, 0) is 4.74 Å². The molecule has 8 heteroatoms. The molecule has 0 bridgehead atoms. The summed E-state index contributed by atoms with van der Waals surface area (Å²) in [5.41, 5.74) is 1.79. The second-order valence-corrected chi connectivity index (χ2v) is 7.45. The van der Waals surface area contributed by atoms with Gasteiger partial charge in [-0.2, -0.15) is 0 Å². The van der Waals surface area contributed by atoms with Crippen LogP contribution in [0.15, 0.2) is 59.7 Å². The number of fused-ring (bicyclic) bond motifs is 1. The average Bonchev–Trinajstić information content (AvgIpc) is 3.28. The molecule has 0 aliphatic carbocycles. The number of pyridine rings is 2. The highest BCUT2D eigenvalue weighted by molar-refractivity contribution is 5.95. The van der Waals surface area contributed by atoms with E-state index in [-0.39, 0.29) is 29.9 Å². The van der Waals surface area contributed by atoms with Gasteiger partial charge in [-0.15, -0.1) is 0 Å². The molecule has 1 aromatic carbocycles. The Hall–Kier alpha value is -3.65. The van der Waals surface area contributed by atoms with Crippen molar-refractivity contribution in [2.45, 2.75) is 13.0 Å². The lowest BCUT2D eigenvalue weighted by atomic mass is 10.1. The molecule has 1 fully saturated rings. The first-order chi connectivity index (χ1) is 15.1. The SMILES string of the molecule is Cc1ccn(-c2ccc3c(c2)OCO3)c(=O)c1C(=O)N1CCOC(c2ccccn2)C1. The van der Waals surface area contributed by atoms with E-state index in [0.29, 0.717) is 42.4 Å². The molecule has 31 heavy (non-hydrogen) atoms. The summed E-state index contributed by atoms with van der Waals surface area (Å²) in [6.07, 6.45) is 3.05. The van der Waals surface area contributed by atoms with Crippen LogP contribution >= 0.6 is 0 Å². The molecule has 2 aliphatic heterocycles. The fraction of sp³-hybridized carbons (Fsp3) is 0.261. The van der Waals surface area contributed by atoms with Gasteiger partial charge in [-0.25, -0.2) is 0 Å². The van der Waals surface area contributed by atoms with Gasteiger partial charge in [-0.3, -0.25) is 19.1 Å². The summed E-state index contributed by atoms with van der Waals surface area (Å²) >= 11 is 0. The third kappa shape index (κ3) is 3.55. The molecule has 0 N–H and O–H groups in total.